The van der Waals surface area contributed by atoms with E-state index in [0.717, 1.165) is 13.1 Å². The molecule has 0 radical (unpaired) electrons. The van der Waals surface area contributed by atoms with Crippen molar-refractivity contribution in [3.63, 3.8) is 0 Å². The molecule has 1 amide bonds. The fraction of sp³-hybridized carbons (Fsp3) is 0.300. The summed E-state index contributed by atoms with van der Waals surface area (Å²) in [5.41, 5.74) is 12.1. The number of amides is 1. The van der Waals surface area contributed by atoms with Crippen molar-refractivity contribution >= 4 is 28.9 Å². The number of pyridine rings is 1. The zero-order chi connectivity index (χ0) is 20.6. The van der Waals surface area contributed by atoms with Crippen molar-refractivity contribution in [1.29, 1.82) is 0 Å². The molecule has 0 spiro atoms. The molecule has 2 aromatic rings. The average molecular weight is 395 g/mol. The van der Waals surface area contributed by atoms with E-state index < -0.39 is 0 Å². The lowest BCUT2D eigenvalue weighted by Gasteiger charge is -2.17. The molecule has 2 heterocycles. The number of hydrogen-bond acceptors (Lipinski definition) is 8. The molecule has 0 saturated carbocycles. The van der Waals surface area contributed by atoms with Gasteiger partial charge in [0.05, 0.1) is 13.1 Å². The second-order valence-corrected chi connectivity index (χ2v) is 6.64. The smallest absolute Gasteiger partial charge is 0.239 e. The maximum atomic E-state index is 11.3. The summed E-state index contributed by atoms with van der Waals surface area (Å²) in [7, 11) is 0. The maximum Gasteiger partial charge on any atom is 0.239 e. The van der Waals surface area contributed by atoms with Crippen LogP contribution in [0.2, 0.25) is 0 Å². The van der Waals surface area contributed by atoms with E-state index in [1.807, 2.05) is 18.2 Å². The van der Waals surface area contributed by atoms with Gasteiger partial charge in [-0.2, -0.15) is 0 Å². The molecule has 1 aliphatic heterocycles. The van der Waals surface area contributed by atoms with Crippen molar-refractivity contribution in [1.82, 2.24) is 9.88 Å². The number of carbonyl (C=O) groups excluding carboxylic acids is 1. The highest BCUT2D eigenvalue weighted by molar-refractivity contribution is 5.91. The monoisotopic (exact) mass is 395 g/mol. The van der Waals surface area contributed by atoms with E-state index in [-0.39, 0.29) is 18.3 Å². The predicted octanol–water partition coefficient (Wildman–Crippen LogP) is 2.96. The Kier molecular flexibility index (Phi) is 6.88. The Balaban J connectivity index is 1.69. The molecule has 1 fully saturated rings. The molecule has 0 atom stereocenters. The molecular formula is C20H25N7O2. The zero-order valence-corrected chi connectivity index (χ0v) is 16.2. The van der Waals surface area contributed by atoms with Crippen molar-refractivity contribution in [3.05, 3.63) is 48.7 Å². The van der Waals surface area contributed by atoms with Crippen LogP contribution in [0.1, 0.15) is 12.8 Å². The van der Waals surface area contributed by atoms with E-state index in [0.29, 0.717) is 35.2 Å². The molecule has 9 heteroatoms. The molecule has 1 aromatic heterocycles. The highest BCUT2D eigenvalue weighted by Gasteiger charge is 2.14. The van der Waals surface area contributed by atoms with Crippen LogP contribution in [0, 0.1) is 0 Å². The summed E-state index contributed by atoms with van der Waals surface area (Å²) >= 11 is 0. The van der Waals surface area contributed by atoms with Crippen LogP contribution < -0.4 is 21.5 Å². The van der Waals surface area contributed by atoms with E-state index >= 15 is 0 Å². The largest absolute Gasteiger partial charge is 0.459 e. The van der Waals surface area contributed by atoms with Crippen LogP contribution in [0.5, 0.6) is 5.75 Å². The van der Waals surface area contributed by atoms with Crippen molar-refractivity contribution < 1.29 is 9.53 Å². The summed E-state index contributed by atoms with van der Waals surface area (Å²) in [6, 6.07) is 10.5. The van der Waals surface area contributed by atoms with Crippen LogP contribution in [0.3, 0.4) is 0 Å². The average Bonchev–Trinajstić information content (AvgIpc) is 3.21. The Labute approximate surface area is 169 Å². The summed E-state index contributed by atoms with van der Waals surface area (Å²) in [6.07, 6.45) is 2.42. The zero-order valence-electron chi connectivity index (χ0n) is 16.2. The van der Waals surface area contributed by atoms with Gasteiger partial charge in [0.1, 0.15) is 23.0 Å². The standard InChI is InChI=1S/C20H25N7O2/c1-14(13-27-10-4-5-11-27)29-17-7-3-2-6-15(17)25-26-16-8-9-18(24-20(16)22)23-19(28)12-21/h2-3,6-9H,1,4-5,10-13,21H2,(H3,22,23,24,28)/b26-25+. The van der Waals surface area contributed by atoms with E-state index in [4.69, 9.17) is 16.2 Å². The van der Waals surface area contributed by atoms with E-state index in [1.165, 1.54) is 12.8 Å². The van der Waals surface area contributed by atoms with Gasteiger partial charge in [0, 0.05) is 0 Å². The van der Waals surface area contributed by atoms with Gasteiger partial charge in [0.2, 0.25) is 5.91 Å². The first kappa shape index (κ1) is 20.4. The molecule has 0 aliphatic carbocycles. The number of ether oxygens (including phenoxy) is 1. The summed E-state index contributed by atoms with van der Waals surface area (Å²) < 4.78 is 5.91. The van der Waals surface area contributed by atoms with Crippen molar-refractivity contribution in [3.8, 4) is 5.75 Å². The molecule has 3 rings (SSSR count). The third-order valence-electron chi connectivity index (χ3n) is 4.34. The Morgan fingerprint density at radius 1 is 1.17 bits per heavy atom. The number of anilines is 2. The normalized spacial score (nSPS) is 14.2. The van der Waals surface area contributed by atoms with Crippen molar-refractivity contribution in [2.45, 2.75) is 12.8 Å². The fourth-order valence-corrected chi connectivity index (χ4v) is 2.93. The van der Waals surface area contributed by atoms with Crippen LogP contribution in [0.25, 0.3) is 0 Å². The topological polar surface area (TPSA) is 131 Å². The SMILES string of the molecule is C=C(CN1CCCC1)Oc1ccccc1/N=N/c1ccc(NC(=O)CN)nc1N. The number of nitrogens with two attached hydrogens (primary N) is 2. The lowest BCUT2D eigenvalue weighted by Crippen LogP contribution is -2.23. The van der Waals surface area contributed by atoms with Gasteiger partial charge in [-0.05, 0) is 50.2 Å². The minimum Gasteiger partial charge on any atom is -0.459 e. The number of carbonyl (C=O) groups is 1. The van der Waals surface area contributed by atoms with Gasteiger partial charge in [-0.25, -0.2) is 4.98 Å². The number of nitrogens with zero attached hydrogens (tertiary/aromatic N) is 4. The van der Waals surface area contributed by atoms with Crippen LogP contribution >= 0.6 is 0 Å². The third kappa shape index (κ3) is 5.84. The summed E-state index contributed by atoms with van der Waals surface area (Å²) in [5.74, 6) is 1.32. The number of likely N-dealkylation sites (tertiary alicyclic amines) is 1. The van der Waals surface area contributed by atoms with Gasteiger partial charge in [-0.15, -0.1) is 10.2 Å². The summed E-state index contributed by atoms with van der Waals surface area (Å²) in [6.45, 7) is 6.71. The number of rotatable bonds is 8. The lowest BCUT2D eigenvalue weighted by molar-refractivity contribution is -0.114. The molecule has 1 saturated heterocycles. The number of para-hydroxylation sites is 1. The van der Waals surface area contributed by atoms with Gasteiger partial charge >= 0.3 is 0 Å². The Bertz CT molecular complexity index is 907. The number of azo groups is 1. The quantitative estimate of drug-likeness (QED) is 0.465. The molecular weight excluding hydrogens is 370 g/mol. The van der Waals surface area contributed by atoms with E-state index in [9.17, 15) is 4.79 Å². The summed E-state index contributed by atoms with van der Waals surface area (Å²) in [4.78, 5) is 17.7. The molecule has 9 nitrogen and oxygen atoms in total. The Morgan fingerprint density at radius 3 is 2.62 bits per heavy atom. The first-order chi connectivity index (χ1) is 14.0. The number of nitrogen functional groups attached to an aromatic ring is 1. The number of nitrogens with one attached hydrogen (secondary N) is 1. The first-order valence-corrected chi connectivity index (χ1v) is 9.40. The Hall–Kier alpha value is -3.30. The molecule has 0 bridgehead atoms. The minimum absolute atomic E-state index is 0.136. The van der Waals surface area contributed by atoms with E-state index in [2.05, 4.69) is 32.0 Å². The molecule has 152 valence electrons. The van der Waals surface area contributed by atoms with Crippen LogP contribution in [0.4, 0.5) is 23.0 Å². The molecule has 0 unspecified atom stereocenters. The second kappa shape index (κ2) is 9.76. The molecule has 1 aromatic carbocycles. The Morgan fingerprint density at radius 2 is 1.90 bits per heavy atom. The predicted molar refractivity (Wildman–Crippen MR) is 112 cm³/mol. The van der Waals surface area contributed by atoms with Crippen LogP contribution in [0.15, 0.2) is 59.0 Å². The number of hydrogen-bond donors (Lipinski definition) is 3. The molecule has 29 heavy (non-hydrogen) atoms. The number of aromatic nitrogens is 1. The van der Waals surface area contributed by atoms with Crippen LogP contribution in [-0.2, 0) is 4.79 Å². The maximum absolute atomic E-state index is 11.3. The van der Waals surface area contributed by atoms with E-state index in [1.54, 1.807) is 18.2 Å². The van der Waals surface area contributed by atoms with Gasteiger partial charge in [0.15, 0.2) is 11.6 Å². The van der Waals surface area contributed by atoms with Crippen molar-refractivity contribution in [2.75, 3.05) is 37.2 Å². The van der Waals surface area contributed by atoms with Gasteiger partial charge in [0.25, 0.3) is 0 Å². The highest BCUT2D eigenvalue weighted by atomic mass is 16.5. The second-order valence-electron chi connectivity index (χ2n) is 6.64. The highest BCUT2D eigenvalue weighted by Crippen LogP contribution is 2.31. The molecule has 5 N–H and O–H groups in total. The van der Waals surface area contributed by atoms with Crippen molar-refractivity contribution in [2.24, 2.45) is 16.0 Å². The molecule has 1 aliphatic rings. The third-order valence-corrected chi connectivity index (χ3v) is 4.34. The fourth-order valence-electron chi connectivity index (χ4n) is 2.93. The van der Waals surface area contributed by atoms with Gasteiger partial charge in [-0.1, -0.05) is 18.7 Å². The summed E-state index contributed by atoms with van der Waals surface area (Å²) in [5, 5.41) is 10.9. The first-order valence-electron chi connectivity index (χ1n) is 9.40. The van der Waals surface area contributed by atoms with Gasteiger partial charge in [-0.3, -0.25) is 9.69 Å². The lowest BCUT2D eigenvalue weighted by atomic mass is 10.3. The van der Waals surface area contributed by atoms with Gasteiger partial charge < -0.3 is 21.5 Å². The number of benzene rings is 1. The van der Waals surface area contributed by atoms with Crippen LogP contribution in [-0.4, -0.2) is 42.0 Å². The minimum atomic E-state index is -0.355.